The van der Waals surface area contributed by atoms with Crippen molar-refractivity contribution in [2.45, 2.75) is 57.8 Å². The maximum atomic E-state index is 12.5. The minimum atomic E-state index is -0.433. The van der Waals surface area contributed by atoms with Crippen LogP contribution in [-0.4, -0.2) is 28.9 Å². The molecule has 0 aromatic heterocycles. The Labute approximate surface area is 107 Å². The molecular weight excluding hydrogens is 230 g/mol. The van der Waals surface area contributed by atoms with Gasteiger partial charge in [-0.15, -0.1) is 0 Å². The van der Waals surface area contributed by atoms with Gasteiger partial charge in [0.25, 0.3) is 0 Å². The van der Waals surface area contributed by atoms with E-state index < -0.39 is 11.2 Å². The summed E-state index contributed by atoms with van der Waals surface area (Å²) in [6.45, 7) is 7.80. The lowest BCUT2D eigenvalue weighted by atomic mass is 9.64. The highest BCUT2D eigenvalue weighted by Gasteiger charge is 2.73. The molecule has 1 amide bonds. The first-order chi connectivity index (χ1) is 8.32. The second-order valence-corrected chi connectivity index (χ2v) is 6.61. The van der Waals surface area contributed by atoms with Gasteiger partial charge >= 0.3 is 0 Å². The summed E-state index contributed by atoms with van der Waals surface area (Å²) in [4.78, 5) is 24.7. The van der Waals surface area contributed by atoms with Crippen LogP contribution in [0.1, 0.15) is 40.5 Å². The van der Waals surface area contributed by atoms with Crippen LogP contribution < -0.4 is 5.32 Å². The van der Waals surface area contributed by atoms with E-state index in [2.05, 4.69) is 5.32 Å². The predicted octanol–water partition coefficient (Wildman–Crippen LogP) is 1.28. The lowest BCUT2D eigenvalue weighted by Crippen LogP contribution is -2.47. The molecule has 0 aromatic rings. The molecule has 3 heterocycles. The average molecular weight is 251 g/mol. The first-order valence-electron chi connectivity index (χ1n) is 6.86. The SMILES string of the molecule is CC(C)C(=O)[C@H]1[C@@H]2C(=O)N[C@H](C)[C@]23CC[C@@]1(C)O3. The molecule has 0 aliphatic carbocycles. The van der Waals surface area contributed by atoms with E-state index >= 15 is 0 Å². The number of hydrogen-bond acceptors (Lipinski definition) is 3. The minimum Gasteiger partial charge on any atom is -0.365 e. The third-order valence-corrected chi connectivity index (χ3v) is 5.20. The van der Waals surface area contributed by atoms with Crippen LogP contribution >= 0.6 is 0 Å². The Hall–Kier alpha value is -0.900. The van der Waals surface area contributed by atoms with Crippen molar-refractivity contribution >= 4 is 11.7 Å². The Morgan fingerprint density at radius 1 is 1.44 bits per heavy atom. The van der Waals surface area contributed by atoms with E-state index in [1.54, 1.807) is 0 Å². The molecule has 4 nitrogen and oxygen atoms in total. The quantitative estimate of drug-likeness (QED) is 0.804. The number of ether oxygens (including phenoxy) is 1. The fourth-order valence-corrected chi connectivity index (χ4v) is 4.25. The van der Waals surface area contributed by atoms with Crippen molar-refractivity contribution < 1.29 is 14.3 Å². The van der Waals surface area contributed by atoms with Gasteiger partial charge in [-0.25, -0.2) is 0 Å². The Morgan fingerprint density at radius 2 is 2.11 bits per heavy atom. The molecule has 3 aliphatic heterocycles. The molecule has 1 spiro atoms. The van der Waals surface area contributed by atoms with Crippen molar-refractivity contribution in [1.29, 1.82) is 0 Å². The highest BCUT2D eigenvalue weighted by molar-refractivity contribution is 5.94. The summed E-state index contributed by atoms with van der Waals surface area (Å²) in [6.07, 6.45) is 1.77. The van der Waals surface area contributed by atoms with Crippen molar-refractivity contribution in [1.82, 2.24) is 5.32 Å². The monoisotopic (exact) mass is 251 g/mol. The van der Waals surface area contributed by atoms with Crippen LogP contribution in [0.3, 0.4) is 0 Å². The zero-order valence-corrected chi connectivity index (χ0v) is 11.4. The molecule has 0 aromatic carbocycles. The normalized spacial score (nSPS) is 49.6. The summed E-state index contributed by atoms with van der Waals surface area (Å²) in [5.41, 5.74) is -0.862. The molecule has 18 heavy (non-hydrogen) atoms. The standard InChI is InChI=1S/C14H21NO3/c1-7(2)11(16)9-10-12(17)15-8(3)14(10)6-5-13(9,4)18-14/h7-10H,5-6H2,1-4H3,(H,15,17)/t8-,9-,10-,13-,14-/m1/s1. The molecule has 2 bridgehead atoms. The van der Waals surface area contributed by atoms with Crippen LogP contribution in [-0.2, 0) is 14.3 Å². The van der Waals surface area contributed by atoms with E-state index in [4.69, 9.17) is 4.74 Å². The first kappa shape index (κ1) is 12.2. The van der Waals surface area contributed by atoms with Crippen molar-refractivity contribution in [2.24, 2.45) is 17.8 Å². The number of ketones is 1. The topological polar surface area (TPSA) is 55.4 Å². The molecule has 1 N–H and O–H groups in total. The predicted molar refractivity (Wildman–Crippen MR) is 65.9 cm³/mol. The maximum absolute atomic E-state index is 12.5. The number of carbonyl (C=O) groups excluding carboxylic acids is 2. The summed E-state index contributed by atoms with van der Waals surface area (Å²) in [6, 6.07) is 0.0155. The Balaban J connectivity index is 2.06. The molecule has 3 fully saturated rings. The summed E-state index contributed by atoms with van der Waals surface area (Å²) in [5.74, 6) is -0.411. The van der Waals surface area contributed by atoms with Gasteiger partial charge in [0.2, 0.25) is 5.91 Å². The number of Topliss-reactive ketones (excluding diaryl/α,β-unsaturated/α-hetero) is 1. The third kappa shape index (κ3) is 1.20. The average Bonchev–Trinajstić information content (AvgIpc) is 2.83. The summed E-state index contributed by atoms with van der Waals surface area (Å²) in [7, 11) is 0. The van der Waals surface area contributed by atoms with Gasteiger partial charge in [-0.05, 0) is 26.7 Å². The van der Waals surface area contributed by atoms with Crippen molar-refractivity contribution in [2.75, 3.05) is 0 Å². The smallest absolute Gasteiger partial charge is 0.227 e. The number of carbonyl (C=O) groups is 2. The van der Waals surface area contributed by atoms with Crippen molar-refractivity contribution in [3.63, 3.8) is 0 Å². The molecule has 3 rings (SSSR count). The Morgan fingerprint density at radius 3 is 2.72 bits per heavy atom. The Kier molecular flexibility index (Phi) is 2.26. The van der Waals surface area contributed by atoms with Gasteiger partial charge in [0, 0.05) is 5.92 Å². The van der Waals surface area contributed by atoms with Gasteiger partial charge in [-0.1, -0.05) is 13.8 Å². The van der Waals surface area contributed by atoms with E-state index in [0.29, 0.717) is 0 Å². The number of amides is 1. The molecule has 5 atom stereocenters. The van der Waals surface area contributed by atoms with E-state index in [0.717, 1.165) is 12.8 Å². The zero-order chi connectivity index (χ0) is 13.3. The number of nitrogens with one attached hydrogen (secondary N) is 1. The summed E-state index contributed by atoms with van der Waals surface area (Å²) >= 11 is 0. The number of rotatable bonds is 2. The van der Waals surface area contributed by atoms with Crippen LogP contribution in [0, 0.1) is 17.8 Å². The highest BCUT2D eigenvalue weighted by Crippen LogP contribution is 2.61. The van der Waals surface area contributed by atoms with E-state index in [-0.39, 0.29) is 35.5 Å². The van der Waals surface area contributed by atoms with Crippen LogP contribution in [0.5, 0.6) is 0 Å². The molecular formula is C14H21NO3. The molecule has 4 heteroatoms. The van der Waals surface area contributed by atoms with E-state index in [9.17, 15) is 9.59 Å². The van der Waals surface area contributed by atoms with E-state index in [1.165, 1.54) is 0 Å². The van der Waals surface area contributed by atoms with Gasteiger partial charge in [-0.2, -0.15) is 0 Å². The van der Waals surface area contributed by atoms with Crippen LogP contribution in [0.4, 0.5) is 0 Å². The van der Waals surface area contributed by atoms with Crippen molar-refractivity contribution in [3.8, 4) is 0 Å². The van der Waals surface area contributed by atoms with Crippen LogP contribution in [0.25, 0.3) is 0 Å². The summed E-state index contributed by atoms with van der Waals surface area (Å²) < 4.78 is 6.23. The minimum absolute atomic E-state index is 0.00456. The molecule has 3 saturated heterocycles. The second-order valence-electron chi connectivity index (χ2n) is 6.61. The van der Waals surface area contributed by atoms with Gasteiger partial charge in [0.05, 0.1) is 23.5 Å². The second kappa shape index (κ2) is 3.35. The molecule has 100 valence electrons. The molecule has 0 saturated carbocycles. The highest BCUT2D eigenvalue weighted by atomic mass is 16.5. The van der Waals surface area contributed by atoms with Gasteiger partial charge in [0.1, 0.15) is 11.4 Å². The fourth-order valence-electron chi connectivity index (χ4n) is 4.25. The third-order valence-electron chi connectivity index (χ3n) is 5.20. The van der Waals surface area contributed by atoms with Crippen LogP contribution in [0.2, 0.25) is 0 Å². The molecule has 0 unspecified atom stereocenters. The van der Waals surface area contributed by atoms with Crippen molar-refractivity contribution in [3.05, 3.63) is 0 Å². The number of fused-ring (bicyclic) bond motifs is 1. The largest absolute Gasteiger partial charge is 0.365 e. The maximum Gasteiger partial charge on any atom is 0.227 e. The van der Waals surface area contributed by atoms with Gasteiger partial charge in [0.15, 0.2) is 0 Å². The van der Waals surface area contributed by atoms with Crippen LogP contribution in [0.15, 0.2) is 0 Å². The molecule has 3 aliphatic rings. The van der Waals surface area contributed by atoms with E-state index in [1.807, 2.05) is 27.7 Å². The first-order valence-corrected chi connectivity index (χ1v) is 6.86. The number of hydrogen-bond donors (Lipinski definition) is 1. The Bertz CT molecular complexity index is 433. The van der Waals surface area contributed by atoms with Gasteiger partial charge in [-0.3, -0.25) is 9.59 Å². The summed E-state index contributed by atoms with van der Waals surface area (Å²) in [5, 5.41) is 2.96. The molecule has 0 radical (unpaired) electrons. The zero-order valence-electron chi connectivity index (χ0n) is 11.4. The fraction of sp³-hybridized carbons (Fsp3) is 0.857. The van der Waals surface area contributed by atoms with Gasteiger partial charge < -0.3 is 10.1 Å². The lowest BCUT2D eigenvalue weighted by molar-refractivity contribution is -0.136. The lowest BCUT2D eigenvalue weighted by Gasteiger charge is -2.33.